The second-order valence-corrected chi connectivity index (χ2v) is 4.00. The number of carbonyl (C=O) groups is 2. The van der Waals surface area contributed by atoms with Crippen LogP contribution in [0.25, 0.3) is 0 Å². The number of nitrogens with two attached hydrogens (primary N) is 1. The number of carbonyl (C=O) groups excluding carboxylic acids is 2. The first kappa shape index (κ1) is 12.8. The van der Waals surface area contributed by atoms with E-state index in [2.05, 4.69) is 3.53 Å². The van der Waals surface area contributed by atoms with E-state index >= 15 is 0 Å². The van der Waals surface area contributed by atoms with Crippen molar-refractivity contribution in [2.24, 2.45) is 5.73 Å². The lowest BCUT2D eigenvalue weighted by Crippen LogP contribution is -2.22. The average molecular weight is 333 g/mol. The van der Waals surface area contributed by atoms with Crippen LogP contribution in [0, 0.1) is 0 Å². The Balaban J connectivity index is 3.24. The topological polar surface area (TPSA) is 75.4 Å². The SMILES string of the molecule is CN(C)C(=O)c1cc(NI)cc(C(N)=O)c1. The van der Waals surface area contributed by atoms with Gasteiger partial charge < -0.3 is 14.2 Å². The molecule has 0 aliphatic heterocycles. The highest BCUT2D eigenvalue weighted by Crippen LogP contribution is 2.17. The fraction of sp³-hybridized carbons (Fsp3) is 0.200. The Morgan fingerprint density at radius 1 is 1.25 bits per heavy atom. The van der Waals surface area contributed by atoms with Gasteiger partial charge in [0, 0.05) is 30.9 Å². The molecule has 0 unspecified atom stereocenters. The number of nitrogens with one attached hydrogen (secondary N) is 1. The maximum atomic E-state index is 11.7. The van der Waals surface area contributed by atoms with Crippen LogP contribution in [-0.4, -0.2) is 30.8 Å². The smallest absolute Gasteiger partial charge is 0.253 e. The van der Waals surface area contributed by atoms with Crippen molar-refractivity contribution in [1.82, 2.24) is 4.90 Å². The molecule has 0 aliphatic carbocycles. The Bertz CT molecular complexity index is 432. The summed E-state index contributed by atoms with van der Waals surface area (Å²) in [5, 5.41) is 0. The molecule has 0 radical (unpaired) electrons. The maximum absolute atomic E-state index is 11.7. The summed E-state index contributed by atoms with van der Waals surface area (Å²) in [5.41, 5.74) is 6.60. The second-order valence-electron chi connectivity index (χ2n) is 3.46. The van der Waals surface area contributed by atoms with Crippen LogP contribution < -0.4 is 9.26 Å². The molecule has 0 bridgehead atoms. The molecule has 6 heteroatoms. The van der Waals surface area contributed by atoms with Crippen LogP contribution in [-0.2, 0) is 0 Å². The lowest BCUT2D eigenvalue weighted by molar-refractivity contribution is 0.0827. The molecule has 1 aromatic carbocycles. The van der Waals surface area contributed by atoms with Gasteiger partial charge in [0.1, 0.15) is 0 Å². The Hall–Kier alpha value is -1.31. The molecule has 0 spiro atoms. The Kier molecular flexibility index (Phi) is 4.11. The van der Waals surface area contributed by atoms with E-state index < -0.39 is 5.91 Å². The molecule has 86 valence electrons. The van der Waals surface area contributed by atoms with Crippen LogP contribution in [0.4, 0.5) is 5.69 Å². The molecule has 2 amide bonds. The highest BCUT2D eigenvalue weighted by molar-refractivity contribution is 14.1. The lowest BCUT2D eigenvalue weighted by Gasteiger charge is -2.12. The average Bonchev–Trinajstić information content (AvgIpc) is 2.27. The van der Waals surface area contributed by atoms with Gasteiger partial charge >= 0.3 is 0 Å². The van der Waals surface area contributed by atoms with Crippen molar-refractivity contribution in [3.8, 4) is 0 Å². The zero-order chi connectivity index (χ0) is 12.3. The van der Waals surface area contributed by atoms with E-state index in [1.807, 2.05) is 22.9 Å². The van der Waals surface area contributed by atoms with E-state index in [9.17, 15) is 9.59 Å². The van der Waals surface area contributed by atoms with Crippen molar-refractivity contribution in [2.75, 3.05) is 17.6 Å². The molecule has 0 fully saturated rings. The molecular weight excluding hydrogens is 321 g/mol. The van der Waals surface area contributed by atoms with Gasteiger partial charge in [0.25, 0.3) is 5.91 Å². The van der Waals surface area contributed by atoms with Crippen molar-refractivity contribution in [3.05, 3.63) is 29.3 Å². The third-order valence-electron chi connectivity index (χ3n) is 1.98. The van der Waals surface area contributed by atoms with Crippen LogP contribution in [0.3, 0.4) is 0 Å². The number of benzene rings is 1. The molecule has 0 aromatic heterocycles. The van der Waals surface area contributed by atoms with Crippen molar-refractivity contribution >= 4 is 40.4 Å². The van der Waals surface area contributed by atoms with Gasteiger partial charge in [0.05, 0.1) is 22.9 Å². The minimum Gasteiger partial charge on any atom is -0.366 e. The van der Waals surface area contributed by atoms with Gasteiger partial charge in [-0.25, -0.2) is 0 Å². The molecule has 3 N–H and O–H groups in total. The van der Waals surface area contributed by atoms with Gasteiger partial charge in [-0.1, -0.05) is 0 Å². The zero-order valence-corrected chi connectivity index (χ0v) is 11.1. The van der Waals surface area contributed by atoms with E-state index in [0.29, 0.717) is 16.8 Å². The predicted octanol–water partition coefficient (Wildman–Crippen LogP) is 1.25. The summed E-state index contributed by atoms with van der Waals surface area (Å²) in [7, 11) is 3.30. The molecule has 0 atom stereocenters. The van der Waals surface area contributed by atoms with E-state index in [4.69, 9.17) is 5.73 Å². The number of halogens is 1. The fourth-order valence-corrected chi connectivity index (χ4v) is 1.52. The molecule has 0 aliphatic rings. The van der Waals surface area contributed by atoms with Crippen molar-refractivity contribution in [2.45, 2.75) is 0 Å². The first-order chi connectivity index (χ1) is 7.45. The lowest BCUT2D eigenvalue weighted by atomic mass is 10.1. The number of anilines is 1. The third-order valence-corrected chi connectivity index (χ3v) is 2.60. The van der Waals surface area contributed by atoms with Crippen LogP contribution >= 0.6 is 22.9 Å². The minimum atomic E-state index is -0.554. The summed E-state index contributed by atoms with van der Waals surface area (Å²) < 4.78 is 2.85. The van der Waals surface area contributed by atoms with Crippen molar-refractivity contribution < 1.29 is 9.59 Å². The molecule has 16 heavy (non-hydrogen) atoms. The molecule has 0 saturated heterocycles. The number of hydrogen-bond acceptors (Lipinski definition) is 3. The van der Waals surface area contributed by atoms with Crippen LogP contribution in [0.2, 0.25) is 0 Å². The largest absolute Gasteiger partial charge is 0.366 e. The van der Waals surface area contributed by atoms with Gasteiger partial charge in [-0.2, -0.15) is 0 Å². The highest BCUT2D eigenvalue weighted by atomic mass is 127. The van der Waals surface area contributed by atoms with Crippen molar-refractivity contribution in [3.63, 3.8) is 0 Å². The highest BCUT2D eigenvalue weighted by Gasteiger charge is 2.12. The quantitative estimate of drug-likeness (QED) is 0.646. The fourth-order valence-electron chi connectivity index (χ4n) is 1.21. The summed E-state index contributed by atoms with van der Waals surface area (Å²) in [6.45, 7) is 0. The summed E-state index contributed by atoms with van der Waals surface area (Å²) in [4.78, 5) is 24.3. The third kappa shape index (κ3) is 2.84. The first-order valence-electron chi connectivity index (χ1n) is 4.49. The first-order valence-corrected chi connectivity index (χ1v) is 5.56. The normalized spacial score (nSPS) is 9.69. The standard InChI is InChI=1S/C10H12IN3O2/c1-14(2)10(16)7-3-6(9(12)15)4-8(5-7)13-11/h3-5,13H,1-2H3,(H2,12,15). The maximum Gasteiger partial charge on any atom is 0.253 e. The number of nitrogens with zero attached hydrogens (tertiary/aromatic N) is 1. The number of primary amides is 1. The molecular formula is C10H12IN3O2. The van der Waals surface area contributed by atoms with Gasteiger partial charge in [-0.05, 0) is 18.2 Å². The van der Waals surface area contributed by atoms with E-state index in [-0.39, 0.29) is 5.91 Å². The Labute approximate surface area is 107 Å². The van der Waals surface area contributed by atoms with E-state index in [1.165, 1.54) is 11.0 Å². The van der Waals surface area contributed by atoms with Gasteiger partial charge in [-0.3, -0.25) is 9.59 Å². The van der Waals surface area contributed by atoms with E-state index in [1.54, 1.807) is 26.2 Å². The number of hydrogen-bond donors (Lipinski definition) is 2. The molecule has 1 aromatic rings. The van der Waals surface area contributed by atoms with Gasteiger partial charge in [-0.15, -0.1) is 0 Å². The Morgan fingerprint density at radius 2 is 1.81 bits per heavy atom. The molecule has 0 heterocycles. The van der Waals surface area contributed by atoms with E-state index in [0.717, 1.165) is 0 Å². The zero-order valence-electron chi connectivity index (χ0n) is 8.95. The molecule has 1 rings (SSSR count). The monoisotopic (exact) mass is 333 g/mol. The molecule has 0 saturated carbocycles. The van der Waals surface area contributed by atoms with Crippen molar-refractivity contribution in [1.29, 1.82) is 0 Å². The van der Waals surface area contributed by atoms with Crippen LogP contribution in [0.15, 0.2) is 18.2 Å². The second kappa shape index (κ2) is 5.15. The van der Waals surface area contributed by atoms with Crippen LogP contribution in [0.1, 0.15) is 20.7 Å². The summed E-state index contributed by atoms with van der Waals surface area (Å²) >= 11 is 1.92. The predicted molar refractivity (Wildman–Crippen MR) is 70.6 cm³/mol. The summed E-state index contributed by atoms with van der Waals surface area (Å²) in [5.74, 6) is -0.725. The molecule has 5 nitrogen and oxygen atoms in total. The minimum absolute atomic E-state index is 0.170. The van der Waals surface area contributed by atoms with Gasteiger partial charge in [0.2, 0.25) is 5.91 Å². The number of amides is 2. The van der Waals surface area contributed by atoms with Crippen LogP contribution in [0.5, 0.6) is 0 Å². The number of rotatable bonds is 3. The van der Waals surface area contributed by atoms with Gasteiger partial charge in [0.15, 0.2) is 0 Å². The Morgan fingerprint density at radius 3 is 2.25 bits per heavy atom. The summed E-state index contributed by atoms with van der Waals surface area (Å²) in [6.07, 6.45) is 0. The summed E-state index contributed by atoms with van der Waals surface area (Å²) in [6, 6.07) is 4.75.